The fourth-order valence-electron chi connectivity index (χ4n) is 2.10. The maximum atomic E-state index is 13.0. The molecule has 0 aliphatic heterocycles. The molecule has 0 saturated carbocycles. The number of halogens is 2. The minimum Gasteiger partial charge on any atom is -0.312 e. The van der Waals surface area contributed by atoms with Gasteiger partial charge < -0.3 is 5.32 Å². The summed E-state index contributed by atoms with van der Waals surface area (Å²) in [6.45, 7) is 4.01. The predicted octanol–water partition coefficient (Wildman–Crippen LogP) is 4.06. The van der Waals surface area contributed by atoms with Gasteiger partial charge in [-0.2, -0.15) is 0 Å². The lowest BCUT2D eigenvalue weighted by Crippen LogP contribution is -2.18. The second-order valence-corrected chi connectivity index (χ2v) is 6.11. The van der Waals surface area contributed by atoms with Crippen LogP contribution in [-0.2, 0) is 6.42 Å². The van der Waals surface area contributed by atoms with E-state index in [2.05, 4.69) is 10.3 Å². The van der Waals surface area contributed by atoms with Crippen LogP contribution in [0.2, 0.25) is 5.02 Å². The van der Waals surface area contributed by atoms with Crippen LogP contribution >= 0.6 is 22.9 Å². The van der Waals surface area contributed by atoms with Crippen LogP contribution in [0.25, 0.3) is 0 Å². The molecular weight excluding hydrogens is 283 g/mol. The zero-order valence-corrected chi connectivity index (χ0v) is 12.7. The van der Waals surface area contributed by atoms with Crippen molar-refractivity contribution in [1.29, 1.82) is 0 Å². The number of aromatic nitrogens is 1. The van der Waals surface area contributed by atoms with Crippen LogP contribution in [-0.4, -0.2) is 12.0 Å². The van der Waals surface area contributed by atoms with Crippen molar-refractivity contribution in [2.24, 2.45) is 0 Å². The molecule has 0 fully saturated rings. The number of hydrogen-bond acceptors (Lipinski definition) is 3. The molecule has 0 aliphatic carbocycles. The molecule has 2 rings (SSSR count). The van der Waals surface area contributed by atoms with E-state index in [1.165, 1.54) is 17.0 Å². The van der Waals surface area contributed by atoms with Crippen molar-refractivity contribution in [2.45, 2.75) is 26.3 Å². The van der Waals surface area contributed by atoms with E-state index < -0.39 is 0 Å². The van der Waals surface area contributed by atoms with Crippen LogP contribution in [0.3, 0.4) is 0 Å². The summed E-state index contributed by atoms with van der Waals surface area (Å²) in [6.07, 6.45) is 0.720. The first-order valence-corrected chi connectivity index (χ1v) is 7.26. The first-order chi connectivity index (χ1) is 9.01. The molecule has 0 bridgehead atoms. The largest absolute Gasteiger partial charge is 0.312 e. The van der Waals surface area contributed by atoms with E-state index in [0.29, 0.717) is 5.02 Å². The van der Waals surface area contributed by atoms with Gasteiger partial charge in [0.25, 0.3) is 0 Å². The Morgan fingerprint density at radius 3 is 2.68 bits per heavy atom. The van der Waals surface area contributed by atoms with E-state index in [1.807, 2.05) is 20.9 Å². The van der Waals surface area contributed by atoms with E-state index in [0.717, 1.165) is 22.7 Å². The van der Waals surface area contributed by atoms with Crippen LogP contribution in [0.15, 0.2) is 18.2 Å². The van der Waals surface area contributed by atoms with Crippen LogP contribution < -0.4 is 5.32 Å². The van der Waals surface area contributed by atoms with Gasteiger partial charge in [-0.15, -0.1) is 11.3 Å². The van der Waals surface area contributed by atoms with Gasteiger partial charge in [0.15, 0.2) is 0 Å². The molecule has 2 aromatic rings. The third-order valence-corrected chi connectivity index (χ3v) is 4.58. The molecule has 102 valence electrons. The van der Waals surface area contributed by atoms with Gasteiger partial charge in [0, 0.05) is 15.9 Å². The van der Waals surface area contributed by atoms with Gasteiger partial charge >= 0.3 is 0 Å². The van der Waals surface area contributed by atoms with Crippen molar-refractivity contribution in [3.05, 3.63) is 50.2 Å². The summed E-state index contributed by atoms with van der Waals surface area (Å²) in [6, 6.07) is 4.69. The zero-order valence-electron chi connectivity index (χ0n) is 11.1. The Kier molecular flexibility index (Phi) is 4.55. The Hall–Kier alpha value is -0.970. The van der Waals surface area contributed by atoms with Crippen molar-refractivity contribution < 1.29 is 4.39 Å². The Morgan fingerprint density at radius 1 is 1.42 bits per heavy atom. The number of rotatable bonds is 4. The summed E-state index contributed by atoms with van der Waals surface area (Å²) >= 11 is 7.77. The summed E-state index contributed by atoms with van der Waals surface area (Å²) in [5.41, 5.74) is 1.98. The van der Waals surface area contributed by atoms with Crippen molar-refractivity contribution in [2.75, 3.05) is 7.05 Å². The van der Waals surface area contributed by atoms with Crippen LogP contribution in [0.1, 0.15) is 27.2 Å². The summed E-state index contributed by atoms with van der Waals surface area (Å²) in [5, 5.41) is 4.81. The predicted molar refractivity (Wildman–Crippen MR) is 78.5 cm³/mol. The number of hydrogen-bond donors (Lipinski definition) is 1. The second kappa shape index (κ2) is 5.99. The minimum atomic E-state index is -0.306. The van der Waals surface area contributed by atoms with Crippen molar-refractivity contribution in [1.82, 2.24) is 10.3 Å². The number of benzene rings is 1. The highest BCUT2D eigenvalue weighted by atomic mass is 35.5. The van der Waals surface area contributed by atoms with Gasteiger partial charge in [0.05, 0.1) is 10.7 Å². The molecule has 0 radical (unpaired) electrons. The first kappa shape index (κ1) is 14.4. The van der Waals surface area contributed by atoms with Gasteiger partial charge in [0.2, 0.25) is 0 Å². The first-order valence-electron chi connectivity index (χ1n) is 6.06. The molecule has 0 spiro atoms. The number of nitrogens with zero attached hydrogens (tertiary/aromatic N) is 1. The maximum Gasteiger partial charge on any atom is 0.124 e. The highest BCUT2D eigenvalue weighted by Crippen LogP contribution is 2.29. The van der Waals surface area contributed by atoms with Gasteiger partial charge in [0.1, 0.15) is 5.82 Å². The molecule has 1 aromatic heterocycles. The lowest BCUT2D eigenvalue weighted by molar-refractivity contribution is 0.594. The molecule has 19 heavy (non-hydrogen) atoms. The monoisotopic (exact) mass is 298 g/mol. The molecule has 0 saturated heterocycles. The molecule has 1 unspecified atom stereocenters. The van der Waals surface area contributed by atoms with Crippen LogP contribution in [0.5, 0.6) is 0 Å². The van der Waals surface area contributed by atoms with Crippen LogP contribution in [0.4, 0.5) is 4.39 Å². The quantitative estimate of drug-likeness (QED) is 0.921. The third kappa shape index (κ3) is 3.32. The van der Waals surface area contributed by atoms with Gasteiger partial charge in [-0.25, -0.2) is 9.37 Å². The Balaban J connectivity index is 2.26. The Labute approximate surface area is 121 Å². The molecule has 2 nitrogen and oxygen atoms in total. The molecule has 1 heterocycles. The van der Waals surface area contributed by atoms with E-state index in [1.54, 1.807) is 17.4 Å². The SMILES string of the molecule is CNC(Cc1ccc(F)cc1Cl)c1sc(C)nc1C. The smallest absolute Gasteiger partial charge is 0.124 e. The fourth-order valence-corrected chi connectivity index (χ4v) is 3.39. The Bertz CT molecular complexity index is 583. The van der Waals surface area contributed by atoms with E-state index >= 15 is 0 Å². The number of likely N-dealkylation sites (N-methyl/N-ethyl adjacent to an activating group) is 1. The number of nitrogens with one attached hydrogen (secondary N) is 1. The molecule has 0 amide bonds. The summed E-state index contributed by atoms with van der Waals surface area (Å²) in [5.74, 6) is -0.306. The molecule has 0 aliphatic rings. The van der Waals surface area contributed by atoms with Crippen molar-refractivity contribution in [3.63, 3.8) is 0 Å². The average Bonchev–Trinajstić information content (AvgIpc) is 2.68. The van der Waals surface area contributed by atoms with E-state index in [9.17, 15) is 4.39 Å². The van der Waals surface area contributed by atoms with Crippen LogP contribution in [0, 0.1) is 19.7 Å². The summed E-state index contributed by atoms with van der Waals surface area (Å²) in [7, 11) is 1.91. The fraction of sp³-hybridized carbons (Fsp3) is 0.357. The lowest BCUT2D eigenvalue weighted by Gasteiger charge is -2.16. The number of thiazole rings is 1. The van der Waals surface area contributed by atoms with E-state index in [-0.39, 0.29) is 11.9 Å². The average molecular weight is 299 g/mol. The highest BCUT2D eigenvalue weighted by Gasteiger charge is 2.17. The van der Waals surface area contributed by atoms with E-state index in [4.69, 9.17) is 11.6 Å². The summed E-state index contributed by atoms with van der Waals surface area (Å²) < 4.78 is 13.0. The van der Waals surface area contributed by atoms with Crippen molar-refractivity contribution in [3.8, 4) is 0 Å². The molecule has 1 atom stereocenters. The van der Waals surface area contributed by atoms with Gasteiger partial charge in [-0.1, -0.05) is 17.7 Å². The minimum absolute atomic E-state index is 0.147. The second-order valence-electron chi connectivity index (χ2n) is 4.46. The third-order valence-electron chi connectivity index (χ3n) is 3.04. The van der Waals surface area contributed by atoms with Gasteiger partial charge in [-0.3, -0.25) is 0 Å². The molecule has 1 N–H and O–H groups in total. The zero-order chi connectivity index (χ0) is 14.0. The maximum absolute atomic E-state index is 13.0. The highest BCUT2D eigenvalue weighted by molar-refractivity contribution is 7.11. The number of aryl methyl sites for hydroxylation is 2. The van der Waals surface area contributed by atoms with Crippen molar-refractivity contribution >= 4 is 22.9 Å². The Morgan fingerprint density at radius 2 is 2.16 bits per heavy atom. The molecular formula is C14H16ClFN2S. The summed E-state index contributed by atoms with van der Waals surface area (Å²) in [4.78, 5) is 5.65. The normalized spacial score (nSPS) is 12.7. The van der Waals surface area contributed by atoms with Gasteiger partial charge in [-0.05, 0) is 45.0 Å². The molecule has 1 aromatic carbocycles. The molecule has 5 heteroatoms. The lowest BCUT2D eigenvalue weighted by atomic mass is 10.0. The standard InChI is InChI=1S/C14H16ClFN2S/c1-8-14(19-9(2)18-8)13(17-3)6-10-4-5-11(16)7-12(10)15/h4-5,7,13,17H,6H2,1-3H3. The topological polar surface area (TPSA) is 24.9 Å².